The summed E-state index contributed by atoms with van der Waals surface area (Å²) >= 11 is 0. The number of hydrogen-bond acceptors (Lipinski definition) is 4. The van der Waals surface area contributed by atoms with Gasteiger partial charge in [-0.25, -0.2) is 4.79 Å². The summed E-state index contributed by atoms with van der Waals surface area (Å²) in [5.41, 5.74) is 0. The zero-order valence-corrected chi connectivity index (χ0v) is 9.37. The van der Waals surface area contributed by atoms with Crippen LogP contribution in [0, 0.1) is 0 Å². The predicted octanol–water partition coefficient (Wildman–Crippen LogP) is 1.47. The fourth-order valence-electron chi connectivity index (χ4n) is 3.09. The van der Waals surface area contributed by atoms with E-state index in [2.05, 4.69) is 4.90 Å². The summed E-state index contributed by atoms with van der Waals surface area (Å²) in [6, 6.07) is 3.78. The first-order valence-corrected chi connectivity index (χ1v) is 5.94. The fourth-order valence-corrected chi connectivity index (χ4v) is 3.09. The second-order valence-electron chi connectivity index (χ2n) is 4.86. The van der Waals surface area contributed by atoms with Gasteiger partial charge in [-0.05, 0) is 31.7 Å². The van der Waals surface area contributed by atoms with Crippen molar-refractivity contribution in [3.63, 3.8) is 0 Å². The zero-order chi connectivity index (χ0) is 12.0. The molecule has 5 heteroatoms. The van der Waals surface area contributed by atoms with Gasteiger partial charge in [0, 0.05) is 18.2 Å². The molecular formula is C12H15NO4. The van der Waals surface area contributed by atoms with Crippen molar-refractivity contribution in [2.75, 3.05) is 4.90 Å². The van der Waals surface area contributed by atoms with Crippen molar-refractivity contribution in [1.29, 1.82) is 0 Å². The maximum atomic E-state index is 10.8. The highest BCUT2D eigenvalue weighted by Crippen LogP contribution is 2.39. The van der Waals surface area contributed by atoms with Crippen molar-refractivity contribution in [3.8, 4) is 0 Å². The molecule has 2 fully saturated rings. The van der Waals surface area contributed by atoms with Crippen LogP contribution in [0.2, 0.25) is 0 Å². The van der Waals surface area contributed by atoms with Gasteiger partial charge < -0.3 is 19.5 Å². The third-order valence-corrected chi connectivity index (χ3v) is 3.77. The first kappa shape index (κ1) is 10.7. The van der Waals surface area contributed by atoms with Gasteiger partial charge in [0.1, 0.15) is 0 Å². The van der Waals surface area contributed by atoms with Crippen LogP contribution in [-0.2, 0) is 0 Å². The van der Waals surface area contributed by atoms with Crippen LogP contribution in [-0.4, -0.2) is 34.4 Å². The summed E-state index contributed by atoms with van der Waals surface area (Å²) in [7, 11) is 0. The summed E-state index contributed by atoms with van der Waals surface area (Å²) in [5, 5.41) is 18.5. The highest BCUT2D eigenvalue weighted by atomic mass is 16.4. The van der Waals surface area contributed by atoms with Gasteiger partial charge in [-0.3, -0.25) is 0 Å². The number of aliphatic hydroxyl groups is 1. The van der Waals surface area contributed by atoms with Gasteiger partial charge in [0.05, 0.1) is 6.10 Å². The summed E-state index contributed by atoms with van der Waals surface area (Å²) in [6.07, 6.45) is 3.37. The highest BCUT2D eigenvalue weighted by Gasteiger charge is 2.41. The molecular weight excluding hydrogens is 222 g/mol. The Bertz CT molecular complexity index is 427. The maximum Gasteiger partial charge on any atom is 0.371 e. The molecule has 17 heavy (non-hydrogen) atoms. The van der Waals surface area contributed by atoms with E-state index in [0.717, 1.165) is 25.7 Å². The normalized spacial score (nSPS) is 31.8. The number of hydrogen-bond donors (Lipinski definition) is 2. The maximum absolute atomic E-state index is 10.8. The largest absolute Gasteiger partial charge is 0.475 e. The van der Waals surface area contributed by atoms with E-state index in [-0.39, 0.29) is 23.9 Å². The lowest BCUT2D eigenvalue weighted by atomic mass is 10.0. The molecule has 0 amide bonds. The van der Waals surface area contributed by atoms with Gasteiger partial charge >= 0.3 is 5.97 Å². The van der Waals surface area contributed by atoms with E-state index in [0.29, 0.717) is 5.88 Å². The van der Waals surface area contributed by atoms with Crippen LogP contribution < -0.4 is 4.90 Å². The Hall–Kier alpha value is -1.49. The molecule has 0 spiro atoms. The molecule has 92 valence electrons. The lowest BCUT2D eigenvalue weighted by molar-refractivity contribution is 0.0661. The van der Waals surface area contributed by atoms with Crippen molar-refractivity contribution in [3.05, 3.63) is 17.9 Å². The van der Waals surface area contributed by atoms with E-state index in [1.54, 1.807) is 6.07 Å². The molecule has 2 bridgehead atoms. The molecule has 0 aliphatic carbocycles. The zero-order valence-electron chi connectivity index (χ0n) is 9.37. The van der Waals surface area contributed by atoms with Gasteiger partial charge in [-0.1, -0.05) is 0 Å². The van der Waals surface area contributed by atoms with Crippen LogP contribution >= 0.6 is 0 Å². The number of furan rings is 1. The number of carboxylic acids is 1. The number of rotatable bonds is 2. The Balaban J connectivity index is 1.86. The van der Waals surface area contributed by atoms with Crippen molar-refractivity contribution >= 4 is 11.9 Å². The number of aliphatic hydroxyl groups excluding tert-OH is 1. The van der Waals surface area contributed by atoms with Gasteiger partial charge in [-0.15, -0.1) is 0 Å². The molecule has 2 unspecified atom stereocenters. The minimum absolute atomic E-state index is 0.0227. The van der Waals surface area contributed by atoms with Crippen molar-refractivity contribution < 1.29 is 19.4 Å². The fraction of sp³-hybridized carbons (Fsp3) is 0.583. The molecule has 2 saturated heterocycles. The summed E-state index contributed by atoms with van der Waals surface area (Å²) in [4.78, 5) is 12.9. The number of fused-ring (bicyclic) bond motifs is 2. The number of nitrogens with zero attached hydrogens (tertiary/aromatic N) is 1. The van der Waals surface area contributed by atoms with Crippen LogP contribution in [0.15, 0.2) is 16.5 Å². The molecule has 3 heterocycles. The molecule has 0 aromatic carbocycles. The molecule has 0 radical (unpaired) electrons. The number of piperidine rings is 1. The van der Waals surface area contributed by atoms with Crippen molar-refractivity contribution in [2.45, 2.75) is 43.9 Å². The lowest BCUT2D eigenvalue weighted by Crippen LogP contribution is -2.44. The Kier molecular flexibility index (Phi) is 2.36. The van der Waals surface area contributed by atoms with Crippen LogP contribution in [0.25, 0.3) is 0 Å². The SMILES string of the molecule is O=C(O)c1ccc(N2C3CCC2CC(O)C3)o1. The third-order valence-electron chi connectivity index (χ3n) is 3.77. The summed E-state index contributed by atoms with van der Waals surface area (Å²) in [5.74, 6) is -0.437. The molecule has 2 aliphatic heterocycles. The van der Waals surface area contributed by atoms with Crippen molar-refractivity contribution in [2.24, 2.45) is 0 Å². The number of carboxylic acid groups (broad SMARTS) is 1. The van der Waals surface area contributed by atoms with E-state index in [1.807, 2.05) is 0 Å². The van der Waals surface area contributed by atoms with E-state index in [1.165, 1.54) is 6.07 Å². The monoisotopic (exact) mass is 237 g/mol. The average Bonchev–Trinajstić information content (AvgIpc) is 2.82. The van der Waals surface area contributed by atoms with E-state index in [9.17, 15) is 9.90 Å². The Morgan fingerprint density at radius 3 is 2.47 bits per heavy atom. The quantitative estimate of drug-likeness (QED) is 0.814. The Morgan fingerprint density at radius 2 is 1.94 bits per heavy atom. The van der Waals surface area contributed by atoms with Crippen LogP contribution in [0.4, 0.5) is 5.88 Å². The van der Waals surface area contributed by atoms with Crippen LogP contribution in [0.5, 0.6) is 0 Å². The van der Waals surface area contributed by atoms with Crippen molar-refractivity contribution in [1.82, 2.24) is 0 Å². The molecule has 2 N–H and O–H groups in total. The minimum atomic E-state index is -1.04. The van der Waals surface area contributed by atoms with Gasteiger partial charge in [0.2, 0.25) is 5.76 Å². The second kappa shape index (κ2) is 3.77. The summed E-state index contributed by atoms with van der Waals surface area (Å²) < 4.78 is 5.35. The van der Waals surface area contributed by atoms with E-state index >= 15 is 0 Å². The Morgan fingerprint density at radius 1 is 1.29 bits per heavy atom. The Labute approximate surface area is 98.6 Å². The third kappa shape index (κ3) is 1.70. The number of anilines is 1. The van der Waals surface area contributed by atoms with E-state index in [4.69, 9.17) is 9.52 Å². The molecule has 1 aromatic heterocycles. The highest BCUT2D eigenvalue weighted by molar-refractivity contribution is 5.84. The molecule has 5 nitrogen and oxygen atoms in total. The molecule has 2 atom stereocenters. The van der Waals surface area contributed by atoms with Gasteiger partial charge in [0.15, 0.2) is 5.88 Å². The predicted molar refractivity (Wildman–Crippen MR) is 60.2 cm³/mol. The molecule has 3 rings (SSSR count). The first-order valence-electron chi connectivity index (χ1n) is 5.94. The second-order valence-corrected chi connectivity index (χ2v) is 4.86. The summed E-state index contributed by atoms with van der Waals surface area (Å²) in [6.45, 7) is 0. The van der Waals surface area contributed by atoms with E-state index < -0.39 is 5.97 Å². The van der Waals surface area contributed by atoms with Crippen LogP contribution in [0.1, 0.15) is 36.2 Å². The topological polar surface area (TPSA) is 73.9 Å². The molecule has 0 saturated carbocycles. The average molecular weight is 237 g/mol. The number of carbonyl (C=O) groups is 1. The number of aromatic carboxylic acids is 1. The van der Waals surface area contributed by atoms with Gasteiger partial charge in [-0.2, -0.15) is 0 Å². The lowest BCUT2D eigenvalue weighted by Gasteiger charge is -2.36. The standard InChI is InChI=1S/C12H15NO4/c14-9-5-7-1-2-8(6-9)13(7)11-4-3-10(17-11)12(15)16/h3-4,7-9,14H,1-2,5-6H2,(H,15,16). The minimum Gasteiger partial charge on any atom is -0.475 e. The molecule has 1 aromatic rings. The van der Waals surface area contributed by atoms with Gasteiger partial charge in [0.25, 0.3) is 0 Å². The molecule has 2 aliphatic rings. The smallest absolute Gasteiger partial charge is 0.371 e. The van der Waals surface area contributed by atoms with Crippen LogP contribution in [0.3, 0.4) is 0 Å². The first-order chi connectivity index (χ1) is 8.15.